The lowest BCUT2D eigenvalue weighted by Crippen LogP contribution is -2.16. The van der Waals surface area contributed by atoms with Crippen molar-refractivity contribution in [3.8, 4) is 5.75 Å². The summed E-state index contributed by atoms with van der Waals surface area (Å²) in [5.74, 6) is 0.861. The SMILES string of the molecule is CCNCCCOc1c(Br)cc(Br)cc1Br. The topological polar surface area (TPSA) is 21.3 Å². The molecule has 1 rings (SSSR count). The number of nitrogens with one attached hydrogen (secondary N) is 1. The third kappa shape index (κ3) is 4.73. The van der Waals surface area contributed by atoms with E-state index in [0.717, 1.165) is 38.7 Å². The van der Waals surface area contributed by atoms with Gasteiger partial charge in [-0.15, -0.1) is 0 Å². The summed E-state index contributed by atoms with van der Waals surface area (Å²) in [5, 5.41) is 3.26. The van der Waals surface area contributed by atoms with Crippen LogP contribution in [0.15, 0.2) is 25.6 Å². The minimum absolute atomic E-state index is 0.714. The number of halogens is 3. The molecule has 90 valence electrons. The lowest BCUT2D eigenvalue weighted by Gasteiger charge is -2.10. The Bertz CT molecular complexity index is 321. The number of benzene rings is 1. The molecule has 0 aliphatic rings. The molecule has 5 heteroatoms. The van der Waals surface area contributed by atoms with Crippen molar-refractivity contribution in [1.82, 2.24) is 5.32 Å². The van der Waals surface area contributed by atoms with Gasteiger partial charge in [-0.2, -0.15) is 0 Å². The maximum atomic E-state index is 5.71. The Morgan fingerprint density at radius 2 is 1.81 bits per heavy atom. The zero-order valence-corrected chi connectivity index (χ0v) is 13.8. The number of rotatable bonds is 6. The van der Waals surface area contributed by atoms with E-state index in [1.165, 1.54) is 0 Å². The second-order valence-corrected chi connectivity index (χ2v) is 5.88. The Hall–Kier alpha value is 0.420. The van der Waals surface area contributed by atoms with Gasteiger partial charge in [0.25, 0.3) is 0 Å². The van der Waals surface area contributed by atoms with Crippen LogP contribution in [-0.4, -0.2) is 19.7 Å². The molecule has 0 aliphatic carbocycles. The molecule has 0 radical (unpaired) electrons. The van der Waals surface area contributed by atoms with Crippen molar-refractivity contribution in [3.05, 3.63) is 25.6 Å². The van der Waals surface area contributed by atoms with Gasteiger partial charge in [0.2, 0.25) is 0 Å². The standard InChI is InChI=1S/C11H14Br3NO/c1-2-15-4-3-5-16-11-9(13)6-8(12)7-10(11)14/h6-7,15H,2-5H2,1H3. The van der Waals surface area contributed by atoms with Crippen molar-refractivity contribution in [1.29, 1.82) is 0 Å². The molecule has 16 heavy (non-hydrogen) atoms. The highest BCUT2D eigenvalue weighted by atomic mass is 79.9. The predicted octanol–water partition coefficient (Wildman–Crippen LogP) is 4.35. The molecule has 0 aliphatic heterocycles. The first-order chi connectivity index (χ1) is 7.65. The summed E-state index contributed by atoms with van der Waals surface area (Å²) in [6.07, 6.45) is 1.00. The predicted molar refractivity (Wildman–Crippen MR) is 78.2 cm³/mol. The first-order valence-electron chi connectivity index (χ1n) is 5.13. The lowest BCUT2D eigenvalue weighted by atomic mass is 10.3. The van der Waals surface area contributed by atoms with Crippen molar-refractivity contribution in [3.63, 3.8) is 0 Å². The van der Waals surface area contributed by atoms with Crippen LogP contribution in [0.2, 0.25) is 0 Å². The Morgan fingerprint density at radius 3 is 2.38 bits per heavy atom. The molecule has 0 saturated carbocycles. The fraction of sp³-hybridized carbons (Fsp3) is 0.455. The quantitative estimate of drug-likeness (QED) is 0.697. The van der Waals surface area contributed by atoms with Crippen LogP contribution in [0.4, 0.5) is 0 Å². The molecule has 0 fully saturated rings. The minimum Gasteiger partial charge on any atom is -0.491 e. The van der Waals surface area contributed by atoms with Gasteiger partial charge in [-0.1, -0.05) is 22.9 Å². The van der Waals surface area contributed by atoms with E-state index in [1.807, 2.05) is 12.1 Å². The van der Waals surface area contributed by atoms with E-state index < -0.39 is 0 Å². The lowest BCUT2D eigenvalue weighted by molar-refractivity contribution is 0.305. The van der Waals surface area contributed by atoms with Crippen molar-refractivity contribution < 1.29 is 4.74 Å². The molecule has 2 nitrogen and oxygen atoms in total. The summed E-state index contributed by atoms with van der Waals surface area (Å²) >= 11 is 10.4. The molecule has 0 unspecified atom stereocenters. The van der Waals surface area contributed by atoms with E-state index >= 15 is 0 Å². The van der Waals surface area contributed by atoms with Gasteiger partial charge in [-0.25, -0.2) is 0 Å². The molecule has 0 heterocycles. The summed E-state index contributed by atoms with van der Waals surface area (Å²) in [5.41, 5.74) is 0. The molecule has 1 aromatic rings. The summed E-state index contributed by atoms with van der Waals surface area (Å²) in [4.78, 5) is 0. The molecular weight excluding hydrogens is 402 g/mol. The van der Waals surface area contributed by atoms with Gasteiger partial charge < -0.3 is 10.1 Å². The van der Waals surface area contributed by atoms with E-state index in [0.29, 0.717) is 6.61 Å². The van der Waals surface area contributed by atoms with Crippen LogP contribution in [0.25, 0.3) is 0 Å². The van der Waals surface area contributed by atoms with Gasteiger partial charge in [0.1, 0.15) is 5.75 Å². The van der Waals surface area contributed by atoms with E-state index in [2.05, 4.69) is 60.0 Å². The summed E-state index contributed by atoms with van der Waals surface area (Å²) in [7, 11) is 0. The molecule has 0 atom stereocenters. The number of hydrogen-bond donors (Lipinski definition) is 1. The highest BCUT2D eigenvalue weighted by Crippen LogP contribution is 2.36. The van der Waals surface area contributed by atoms with Gasteiger partial charge >= 0.3 is 0 Å². The third-order valence-corrected chi connectivity index (χ3v) is 3.59. The number of hydrogen-bond acceptors (Lipinski definition) is 2. The van der Waals surface area contributed by atoms with Crippen LogP contribution in [0.3, 0.4) is 0 Å². The molecule has 0 saturated heterocycles. The highest BCUT2D eigenvalue weighted by Gasteiger charge is 2.07. The zero-order chi connectivity index (χ0) is 12.0. The molecule has 0 spiro atoms. The first kappa shape index (κ1) is 14.5. The fourth-order valence-electron chi connectivity index (χ4n) is 1.22. The smallest absolute Gasteiger partial charge is 0.147 e. The molecule has 1 N–H and O–H groups in total. The van der Waals surface area contributed by atoms with Gasteiger partial charge in [-0.3, -0.25) is 0 Å². The fourth-order valence-corrected chi connectivity index (χ4v) is 3.70. The molecule has 1 aromatic carbocycles. The first-order valence-corrected chi connectivity index (χ1v) is 7.51. The largest absolute Gasteiger partial charge is 0.491 e. The van der Waals surface area contributed by atoms with Crippen LogP contribution in [0, 0.1) is 0 Å². The Kier molecular flexibility index (Phi) is 6.96. The second kappa shape index (κ2) is 7.69. The molecule has 0 bridgehead atoms. The van der Waals surface area contributed by atoms with Crippen molar-refractivity contribution in [2.45, 2.75) is 13.3 Å². The molecule has 0 amide bonds. The van der Waals surface area contributed by atoms with Crippen LogP contribution >= 0.6 is 47.8 Å². The minimum atomic E-state index is 0.714. The van der Waals surface area contributed by atoms with Gasteiger partial charge in [-0.05, 0) is 63.5 Å². The van der Waals surface area contributed by atoms with E-state index in [9.17, 15) is 0 Å². The van der Waals surface area contributed by atoms with Crippen LogP contribution < -0.4 is 10.1 Å². The monoisotopic (exact) mass is 413 g/mol. The third-order valence-electron chi connectivity index (χ3n) is 1.96. The maximum absolute atomic E-state index is 5.71. The Labute approximate surface area is 122 Å². The zero-order valence-electron chi connectivity index (χ0n) is 9.03. The molecular formula is C11H14Br3NO. The normalized spacial score (nSPS) is 10.5. The van der Waals surface area contributed by atoms with E-state index in [-0.39, 0.29) is 0 Å². The average Bonchev–Trinajstić information content (AvgIpc) is 2.20. The van der Waals surface area contributed by atoms with Crippen LogP contribution in [-0.2, 0) is 0 Å². The second-order valence-electron chi connectivity index (χ2n) is 3.25. The van der Waals surface area contributed by atoms with Crippen molar-refractivity contribution >= 4 is 47.8 Å². The van der Waals surface area contributed by atoms with Crippen molar-refractivity contribution in [2.24, 2.45) is 0 Å². The van der Waals surface area contributed by atoms with Crippen LogP contribution in [0.1, 0.15) is 13.3 Å². The summed E-state index contributed by atoms with van der Waals surface area (Å²) < 4.78 is 8.65. The summed E-state index contributed by atoms with van der Waals surface area (Å²) in [6.45, 7) is 4.81. The average molecular weight is 416 g/mol. The van der Waals surface area contributed by atoms with E-state index in [1.54, 1.807) is 0 Å². The number of ether oxygens (including phenoxy) is 1. The Morgan fingerprint density at radius 1 is 1.19 bits per heavy atom. The van der Waals surface area contributed by atoms with Gasteiger partial charge in [0.15, 0.2) is 0 Å². The maximum Gasteiger partial charge on any atom is 0.147 e. The van der Waals surface area contributed by atoms with Gasteiger partial charge in [0, 0.05) is 4.47 Å². The Balaban J connectivity index is 2.47. The van der Waals surface area contributed by atoms with E-state index in [4.69, 9.17) is 4.74 Å². The van der Waals surface area contributed by atoms with Crippen molar-refractivity contribution in [2.75, 3.05) is 19.7 Å². The van der Waals surface area contributed by atoms with Crippen LogP contribution in [0.5, 0.6) is 5.75 Å². The highest BCUT2D eigenvalue weighted by molar-refractivity contribution is 9.11. The van der Waals surface area contributed by atoms with Gasteiger partial charge in [0.05, 0.1) is 15.6 Å². The summed E-state index contributed by atoms with van der Waals surface area (Å²) in [6, 6.07) is 3.95. The molecule has 0 aromatic heterocycles.